The Bertz CT molecular complexity index is 366. The lowest BCUT2D eigenvalue weighted by Gasteiger charge is -2.10. The zero-order chi connectivity index (χ0) is 12.7. The summed E-state index contributed by atoms with van der Waals surface area (Å²) in [5.74, 6) is 0.682. The minimum absolute atomic E-state index is 0.0411. The maximum atomic E-state index is 11.9. The number of nitrogens with zero attached hydrogens (tertiary/aromatic N) is 1. The van der Waals surface area contributed by atoms with E-state index in [9.17, 15) is 4.79 Å². The van der Waals surface area contributed by atoms with Gasteiger partial charge in [0.05, 0.1) is 19.3 Å². The van der Waals surface area contributed by atoms with Crippen molar-refractivity contribution in [1.82, 2.24) is 10.3 Å². The van der Waals surface area contributed by atoms with Crippen LogP contribution in [0.25, 0.3) is 0 Å². The number of Topliss-reactive ketones (excluding diaryl/α,β-unsaturated/α-hetero) is 1. The summed E-state index contributed by atoms with van der Waals surface area (Å²) in [6.07, 6.45) is 4.19. The van der Waals surface area contributed by atoms with Crippen LogP contribution >= 0.6 is 0 Å². The van der Waals surface area contributed by atoms with E-state index in [4.69, 9.17) is 4.74 Å². The number of pyridine rings is 1. The van der Waals surface area contributed by atoms with E-state index in [0.717, 1.165) is 6.42 Å². The van der Waals surface area contributed by atoms with Gasteiger partial charge in [-0.15, -0.1) is 0 Å². The second-order valence-electron chi connectivity index (χ2n) is 3.96. The highest BCUT2D eigenvalue weighted by atomic mass is 16.5. The smallest absolute Gasteiger partial charge is 0.178 e. The van der Waals surface area contributed by atoms with Crippen molar-refractivity contribution in [3.8, 4) is 5.75 Å². The number of carbonyl (C=O) groups excluding carboxylic acids is 1. The highest BCUT2D eigenvalue weighted by molar-refractivity contribution is 5.97. The summed E-state index contributed by atoms with van der Waals surface area (Å²) in [6.45, 7) is 6.96. The first-order chi connectivity index (χ1) is 8.17. The van der Waals surface area contributed by atoms with Gasteiger partial charge in [-0.1, -0.05) is 6.92 Å². The zero-order valence-corrected chi connectivity index (χ0v) is 10.7. The Kier molecular flexibility index (Phi) is 5.63. The zero-order valence-electron chi connectivity index (χ0n) is 10.7. The molecule has 1 heterocycles. The van der Waals surface area contributed by atoms with E-state index in [2.05, 4.69) is 24.1 Å². The van der Waals surface area contributed by atoms with Crippen molar-refractivity contribution in [2.24, 2.45) is 0 Å². The third kappa shape index (κ3) is 4.53. The standard InChI is InChI=1S/C13H20N2O2/c1-4-10(3)15-9-13(16)11-6-12(17-5-2)8-14-7-11/h6-8,10,15H,4-5,9H2,1-3H3. The Morgan fingerprint density at radius 2 is 2.24 bits per heavy atom. The Morgan fingerprint density at radius 1 is 1.47 bits per heavy atom. The summed E-state index contributed by atoms with van der Waals surface area (Å²) in [7, 11) is 0. The molecule has 0 saturated carbocycles. The quantitative estimate of drug-likeness (QED) is 0.736. The average molecular weight is 236 g/mol. The number of aromatic nitrogens is 1. The molecule has 0 amide bonds. The monoisotopic (exact) mass is 236 g/mol. The average Bonchev–Trinajstić information content (AvgIpc) is 2.36. The van der Waals surface area contributed by atoms with Crippen molar-refractivity contribution in [2.45, 2.75) is 33.2 Å². The number of hydrogen-bond acceptors (Lipinski definition) is 4. The van der Waals surface area contributed by atoms with Crippen LogP contribution in [-0.2, 0) is 0 Å². The maximum Gasteiger partial charge on any atom is 0.178 e. The number of nitrogens with one attached hydrogen (secondary N) is 1. The van der Waals surface area contributed by atoms with Gasteiger partial charge in [0.25, 0.3) is 0 Å². The minimum atomic E-state index is 0.0411. The van der Waals surface area contributed by atoms with Gasteiger partial charge >= 0.3 is 0 Å². The van der Waals surface area contributed by atoms with Gasteiger partial charge in [-0.25, -0.2) is 0 Å². The Balaban J connectivity index is 2.59. The van der Waals surface area contributed by atoms with Crippen molar-refractivity contribution < 1.29 is 9.53 Å². The van der Waals surface area contributed by atoms with Crippen LogP contribution in [0.2, 0.25) is 0 Å². The molecule has 0 aromatic carbocycles. The number of ether oxygens (including phenoxy) is 1. The molecule has 4 heteroatoms. The second kappa shape index (κ2) is 7.01. The van der Waals surface area contributed by atoms with Gasteiger partial charge in [-0.3, -0.25) is 9.78 Å². The second-order valence-corrected chi connectivity index (χ2v) is 3.96. The molecule has 0 aliphatic carbocycles. The first-order valence-electron chi connectivity index (χ1n) is 6.01. The van der Waals surface area contributed by atoms with Gasteiger partial charge in [-0.2, -0.15) is 0 Å². The van der Waals surface area contributed by atoms with E-state index in [0.29, 0.717) is 30.5 Å². The largest absolute Gasteiger partial charge is 0.492 e. The van der Waals surface area contributed by atoms with Crippen LogP contribution in [0.15, 0.2) is 18.5 Å². The molecular formula is C13H20N2O2. The summed E-state index contributed by atoms with van der Waals surface area (Å²) in [6, 6.07) is 2.08. The van der Waals surface area contributed by atoms with Crippen LogP contribution in [0.3, 0.4) is 0 Å². The van der Waals surface area contributed by atoms with Crippen molar-refractivity contribution in [1.29, 1.82) is 0 Å². The van der Waals surface area contributed by atoms with Gasteiger partial charge in [0.15, 0.2) is 5.78 Å². The fourth-order valence-corrected chi connectivity index (χ4v) is 1.33. The van der Waals surface area contributed by atoms with Crippen molar-refractivity contribution >= 4 is 5.78 Å². The Hall–Kier alpha value is -1.42. The van der Waals surface area contributed by atoms with Crippen molar-refractivity contribution in [3.05, 3.63) is 24.0 Å². The molecule has 4 nitrogen and oxygen atoms in total. The number of ketones is 1. The lowest BCUT2D eigenvalue weighted by Crippen LogP contribution is -2.30. The van der Waals surface area contributed by atoms with E-state index in [1.165, 1.54) is 0 Å². The van der Waals surface area contributed by atoms with E-state index < -0.39 is 0 Å². The Labute approximate surface area is 102 Å². The summed E-state index contributed by atoms with van der Waals surface area (Å²) in [5.41, 5.74) is 0.590. The summed E-state index contributed by atoms with van der Waals surface area (Å²) in [4.78, 5) is 15.9. The lowest BCUT2D eigenvalue weighted by atomic mass is 10.1. The topological polar surface area (TPSA) is 51.2 Å². The molecule has 1 N–H and O–H groups in total. The SMILES string of the molecule is CCOc1cncc(C(=O)CNC(C)CC)c1. The van der Waals surface area contributed by atoms with Crippen molar-refractivity contribution in [3.63, 3.8) is 0 Å². The van der Waals surface area contributed by atoms with Gasteiger partial charge in [0.2, 0.25) is 0 Å². The molecule has 1 rings (SSSR count). The molecule has 0 aliphatic rings. The maximum absolute atomic E-state index is 11.9. The first kappa shape index (κ1) is 13.6. The third-order valence-corrected chi connectivity index (χ3v) is 2.57. The van der Waals surface area contributed by atoms with Crippen LogP contribution < -0.4 is 10.1 Å². The molecule has 0 bridgehead atoms. The first-order valence-corrected chi connectivity index (χ1v) is 6.01. The molecule has 0 spiro atoms. The molecule has 0 saturated heterocycles. The highest BCUT2D eigenvalue weighted by Gasteiger charge is 2.08. The minimum Gasteiger partial charge on any atom is -0.492 e. The molecule has 17 heavy (non-hydrogen) atoms. The van der Waals surface area contributed by atoms with Gasteiger partial charge in [0.1, 0.15) is 5.75 Å². The number of carbonyl (C=O) groups is 1. The summed E-state index contributed by atoms with van der Waals surface area (Å²) in [5, 5.41) is 3.16. The molecule has 0 radical (unpaired) electrons. The lowest BCUT2D eigenvalue weighted by molar-refractivity contribution is 0.0987. The molecule has 1 aromatic heterocycles. The van der Waals surface area contributed by atoms with Gasteiger partial charge in [0, 0.05) is 17.8 Å². The third-order valence-electron chi connectivity index (χ3n) is 2.57. The van der Waals surface area contributed by atoms with E-state index in [1.54, 1.807) is 18.5 Å². The summed E-state index contributed by atoms with van der Waals surface area (Å²) < 4.78 is 5.31. The number of hydrogen-bond donors (Lipinski definition) is 1. The molecule has 1 aromatic rings. The van der Waals surface area contributed by atoms with E-state index >= 15 is 0 Å². The van der Waals surface area contributed by atoms with E-state index in [-0.39, 0.29) is 5.78 Å². The molecular weight excluding hydrogens is 216 g/mol. The fourth-order valence-electron chi connectivity index (χ4n) is 1.33. The van der Waals surface area contributed by atoms with Crippen LogP contribution in [0, 0.1) is 0 Å². The predicted octanol–water partition coefficient (Wildman–Crippen LogP) is 2.05. The van der Waals surface area contributed by atoms with Gasteiger partial charge < -0.3 is 10.1 Å². The van der Waals surface area contributed by atoms with Gasteiger partial charge in [-0.05, 0) is 26.3 Å². The van der Waals surface area contributed by atoms with Crippen LogP contribution in [-0.4, -0.2) is 30.0 Å². The predicted molar refractivity (Wildman–Crippen MR) is 67.5 cm³/mol. The van der Waals surface area contributed by atoms with Crippen LogP contribution in [0.4, 0.5) is 0 Å². The molecule has 0 fully saturated rings. The van der Waals surface area contributed by atoms with Crippen molar-refractivity contribution in [2.75, 3.05) is 13.2 Å². The summed E-state index contributed by atoms with van der Waals surface area (Å²) >= 11 is 0. The van der Waals surface area contributed by atoms with E-state index in [1.807, 2.05) is 6.92 Å². The number of rotatable bonds is 7. The highest BCUT2D eigenvalue weighted by Crippen LogP contribution is 2.11. The molecule has 0 aliphatic heterocycles. The molecule has 94 valence electrons. The fraction of sp³-hybridized carbons (Fsp3) is 0.538. The molecule has 1 atom stereocenters. The van der Waals surface area contributed by atoms with Crippen LogP contribution in [0.5, 0.6) is 5.75 Å². The Morgan fingerprint density at radius 3 is 2.88 bits per heavy atom. The molecule has 1 unspecified atom stereocenters. The van der Waals surface area contributed by atoms with Crippen LogP contribution in [0.1, 0.15) is 37.6 Å². The normalized spacial score (nSPS) is 12.2.